The number of hydrogen-bond acceptors (Lipinski definition) is 5. The fourth-order valence-corrected chi connectivity index (χ4v) is 4.64. The minimum atomic E-state index is -0.567. The van der Waals surface area contributed by atoms with E-state index in [-0.39, 0.29) is 42.0 Å². The van der Waals surface area contributed by atoms with Crippen LogP contribution in [0.1, 0.15) is 42.6 Å². The van der Waals surface area contributed by atoms with E-state index >= 15 is 0 Å². The van der Waals surface area contributed by atoms with Gasteiger partial charge >= 0.3 is 5.69 Å². The monoisotopic (exact) mass is 491 g/mol. The number of aromatic nitrogens is 4. The molecule has 3 N–H and O–H groups in total. The topological polar surface area (TPSA) is 122 Å². The highest BCUT2D eigenvalue weighted by Gasteiger charge is 2.24. The largest absolute Gasteiger partial charge is 0.376 e. The maximum absolute atomic E-state index is 14.6. The number of nitrogens with one attached hydrogen (secondary N) is 3. The van der Waals surface area contributed by atoms with E-state index < -0.39 is 17.2 Å². The average molecular weight is 492 g/mol. The van der Waals surface area contributed by atoms with Crippen molar-refractivity contribution in [3.63, 3.8) is 0 Å². The van der Waals surface area contributed by atoms with E-state index in [2.05, 4.69) is 20.3 Å². The highest BCUT2D eigenvalue weighted by atomic mass is 19.1. The van der Waals surface area contributed by atoms with Crippen LogP contribution in [0, 0.1) is 5.82 Å². The molecule has 0 spiro atoms. The van der Waals surface area contributed by atoms with Crippen LogP contribution in [0.4, 0.5) is 10.1 Å². The summed E-state index contributed by atoms with van der Waals surface area (Å²) in [5.74, 6) is -0.558. The fraction of sp³-hybridized carbons (Fsp3) is 0.308. The van der Waals surface area contributed by atoms with Crippen molar-refractivity contribution in [2.24, 2.45) is 0 Å². The third-order valence-corrected chi connectivity index (χ3v) is 6.41. The van der Waals surface area contributed by atoms with Crippen LogP contribution < -0.4 is 16.6 Å². The van der Waals surface area contributed by atoms with Crippen molar-refractivity contribution in [2.45, 2.75) is 44.8 Å². The van der Waals surface area contributed by atoms with E-state index in [1.54, 1.807) is 30.3 Å². The van der Waals surface area contributed by atoms with Gasteiger partial charge in [-0.05, 0) is 48.6 Å². The van der Waals surface area contributed by atoms with Gasteiger partial charge < -0.3 is 15.0 Å². The maximum atomic E-state index is 14.6. The summed E-state index contributed by atoms with van der Waals surface area (Å²) in [6.07, 6.45) is 1.87. The molecule has 1 aliphatic rings. The third kappa shape index (κ3) is 4.85. The van der Waals surface area contributed by atoms with Crippen molar-refractivity contribution >= 4 is 22.8 Å². The van der Waals surface area contributed by atoms with Crippen LogP contribution in [0.3, 0.4) is 0 Å². The van der Waals surface area contributed by atoms with Gasteiger partial charge in [0.15, 0.2) is 5.65 Å². The number of imidazole rings is 1. The van der Waals surface area contributed by atoms with Crippen LogP contribution in [0.25, 0.3) is 11.2 Å². The molecule has 1 fully saturated rings. The van der Waals surface area contributed by atoms with Gasteiger partial charge in [0, 0.05) is 25.1 Å². The van der Waals surface area contributed by atoms with E-state index in [1.165, 1.54) is 17.6 Å². The number of halogens is 1. The van der Waals surface area contributed by atoms with E-state index in [1.807, 2.05) is 12.1 Å². The molecule has 1 aliphatic heterocycles. The summed E-state index contributed by atoms with van der Waals surface area (Å²) in [6, 6.07) is 13.7. The molecular formula is C26H26FN5O4. The van der Waals surface area contributed by atoms with Gasteiger partial charge in [0.25, 0.3) is 5.56 Å². The van der Waals surface area contributed by atoms with Gasteiger partial charge in [0.05, 0.1) is 12.6 Å². The molecule has 10 heteroatoms. The second kappa shape index (κ2) is 9.90. The van der Waals surface area contributed by atoms with E-state index in [0.29, 0.717) is 23.7 Å². The molecule has 4 aromatic rings. The first-order chi connectivity index (χ1) is 17.4. The predicted molar refractivity (Wildman–Crippen MR) is 133 cm³/mol. The third-order valence-electron chi connectivity index (χ3n) is 6.41. The second-order valence-electron chi connectivity index (χ2n) is 8.98. The van der Waals surface area contributed by atoms with Crippen LogP contribution in [-0.2, 0) is 22.5 Å². The Morgan fingerprint density at radius 3 is 2.67 bits per heavy atom. The molecule has 2 unspecified atom stereocenters. The van der Waals surface area contributed by atoms with E-state index in [0.717, 1.165) is 18.4 Å². The van der Waals surface area contributed by atoms with Crippen molar-refractivity contribution in [3.05, 3.63) is 92.1 Å². The molecule has 2 aromatic heterocycles. The smallest absolute Gasteiger partial charge is 0.330 e. The predicted octanol–water partition coefficient (Wildman–Crippen LogP) is 3.06. The summed E-state index contributed by atoms with van der Waals surface area (Å²) in [6.45, 7) is 2.34. The Bertz CT molecular complexity index is 1520. The molecule has 186 valence electrons. The highest BCUT2D eigenvalue weighted by Crippen LogP contribution is 2.30. The number of rotatable bonds is 7. The fourth-order valence-electron chi connectivity index (χ4n) is 4.64. The number of anilines is 1. The van der Waals surface area contributed by atoms with Crippen molar-refractivity contribution in [2.75, 3.05) is 11.9 Å². The zero-order valence-corrected chi connectivity index (χ0v) is 19.7. The molecule has 0 bridgehead atoms. The Morgan fingerprint density at radius 1 is 1.19 bits per heavy atom. The Balaban J connectivity index is 1.60. The molecule has 0 saturated carbocycles. The lowest BCUT2D eigenvalue weighted by Crippen LogP contribution is -2.33. The summed E-state index contributed by atoms with van der Waals surface area (Å²) in [4.78, 5) is 46.9. The lowest BCUT2D eigenvalue weighted by Gasteiger charge is -2.16. The number of amides is 1. The van der Waals surface area contributed by atoms with E-state index in [9.17, 15) is 18.8 Å². The van der Waals surface area contributed by atoms with Gasteiger partial charge in [0.2, 0.25) is 5.91 Å². The zero-order valence-electron chi connectivity index (χ0n) is 19.7. The number of ether oxygens (including phenoxy) is 1. The minimum absolute atomic E-state index is 0.132. The molecule has 1 amide bonds. The van der Waals surface area contributed by atoms with Crippen LogP contribution >= 0.6 is 0 Å². The van der Waals surface area contributed by atoms with Gasteiger partial charge in [0.1, 0.15) is 17.2 Å². The van der Waals surface area contributed by atoms with Gasteiger partial charge in [-0.3, -0.25) is 19.1 Å². The van der Waals surface area contributed by atoms with Gasteiger partial charge in [-0.15, -0.1) is 0 Å². The Labute approximate surface area is 205 Å². The molecule has 5 rings (SSSR count). The number of hydrogen-bond donors (Lipinski definition) is 3. The average Bonchev–Trinajstić information content (AvgIpc) is 3.52. The van der Waals surface area contributed by atoms with Crippen molar-refractivity contribution in [3.8, 4) is 0 Å². The Kier molecular flexibility index (Phi) is 6.51. The number of carbonyl (C=O) groups excluding carboxylic acids is 1. The summed E-state index contributed by atoms with van der Waals surface area (Å²) in [5, 5.41) is 2.73. The van der Waals surface area contributed by atoms with Gasteiger partial charge in [-0.1, -0.05) is 30.3 Å². The molecule has 0 radical (unpaired) electrons. The summed E-state index contributed by atoms with van der Waals surface area (Å²) in [7, 11) is 0. The molecule has 0 aliphatic carbocycles. The lowest BCUT2D eigenvalue weighted by atomic mass is 9.91. The first-order valence-electron chi connectivity index (χ1n) is 11.8. The number of aromatic amines is 2. The first kappa shape index (κ1) is 23.7. The Hall–Kier alpha value is -4.05. The second-order valence-corrected chi connectivity index (χ2v) is 8.98. The number of carbonyl (C=O) groups is 1. The van der Waals surface area contributed by atoms with Crippen LogP contribution in [0.2, 0.25) is 0 Å². The molecule has 36 heavy (non-hydrogen) atoms. The molecule has 2 aromatic carbocycles. The number of fused-ring (bicyclic) bond motifs is 1. The van der Waals surface area contributed by atoms with Crippen LogP contribution in [-0.4, -0.2) is 38.1 Å². The minimum Gasteiger partial charge on any atom is -0.376 e. The van der Waals surface area contributed by atoms with E-state index in [4.69, 9.17) is 4.74 Å². The molecule has 3 heterocycles. The number of H-pyrrole nitrogens is 2. The Morgan fingerprint density at radius 2 is 1.97 bits per heavy atom. The lowest BCUT2D eigenvalue weighted by molar-refractivity contribution is -0.114. The summed E-state index contributed by atoms with van der Waals surface area (Å²) >= 11 is 0. The SMILES string of the molecule is CC(=O)Nc1ccc(C(Cc2ccccc2F)c2nc3c([nH]2)c(=O)[nH]c(=O)n3CC2CCCO2)cc1. The standard InChI is InChI=1S/C26H26FN5O4/c1-15(33)28-18-10-8-16(9-11-18)20(13-17-5-2-3-7-21(17)27)23-29-22-24(30-23)32(26(35)31-25(22)34)14-19-6-4-12-36-19/h2-3,5,7-11,19-20H,4,6,12-14H2,1H3,(H,28,33)(H,29,30)(H,31,34,35). The van der Waals surface area contributed by atoms with Gasteiger partial charge in [-0.25, -0.2) is 14.2 Å². The summed E-state index contributed by atoms with van der Waals surface area (Å²) in [5.41, 5.74) is 1.21. The molecule has 2 atom stereocenters. The van der Waals surface area contributed by atoms with Crippen LogP contribution in [0.15, 0.2) is 58.1 Å². The molecule has 9 nitrogen and oxygen atoms in total. The molecular weight excluding hydrogens is 465 g/mol. The van der Waals surface area contributed by atoms with Crippen molar-refractivity contribution < 1.29 is 13.9 Å². The number of nitrogens with zero attached hydrogens (tertiary/aromatic N) is 2. The van der Waals surface area contributed by atoms with Crippen LogP contribution in [0.5, 0.6) is 0 Å². The highest BCUT2D eigenvalue weighted by molar-refractivity contribution is 5.88. The maximum Gasteiger partial charge on any atom is 0.330 e. The molecule has 1 saturated heterocycles. The first-order valence-corrected chi connectivity index (χ1v) is 11.8. The zero-order chi connectivity index (χ0) is 25.2. The quantitative estimate of drug-likeness (QED) is 0.367. The normalized spacial score (nSPS) is 16.3. The summed E-state index contributed by atoms with van der Waals surface area (Å²) < 4.78 is 21.7. The number of benzene rings is 2. The van der Waals surface area contributed by atoms with Crippen molar-refractivity contribution in [1.82, 2.24) is 19.5 Å². The van der Waals surface area contributed by atoms with Crippen molar-refractivity contribution in [1.29, 1.82) is 0 Å². The van der Waals surface area contributed by atoms with Gasteiger partial charge in [-0.2, -0.15) is 0 Å².